The molecular formula is C17H19N5O4. The fraction of sp³-hybridized carbons (Fsp3) is 0.294. The van der Waals surface area contributed by atoms with Gasteiger partial charge in [0.15, 0.2) is 5.76 Å². The van der Waals surface area contributed by atoms with Crippen LogP contribution in [0.4, 0.5) is 0 Å². The summed E-state index contributed by atoms with van der Waals surface area (Å²) in [6, 6.07) is 6.99. The van der Waals surface area contributed by atoms with Gasteiger partial charge in [-0.15, -0.1) is 0 Å². The molecule has 0 aliphatic carbocycles. The van der Waals surface area contributed by atoms with Gasteiger partial charge in [-0.3, -0.25) is 9.59 Å². The number of carbonyl (C=O) groups is 2. The quantitative estimate of drug-likeness (QED) is 0.584. The lowest BCUT2D eigenvalue weighted by atomic mass is 10.3. The van der Waals surface area contributed by atoms with Crippen molar-refractivity contribution in [3.05, 3.63) is 48.3 Å². The Bertz CT molecular complexity index is 865. The van der Waals surface area contributed by atoms with E-state index in [2.05, 4.69) is 20.8 Å². The summed E-state index contributed by atoms with van der Waals surface area (Å²) in [6.45, 7) is 0.690. The molecule has 2 N–H and O–H groups in total. The molecule has 0 aliphatic heterocycles. The largest absolute Gasteiger partial charge is 0.461 e. The lowest BCUT2D eigenvalue weighted by molar-refractivity contribution is -0.121. The van der Waals surface area contributed by atoms with Gasteiger partial charge in [0.2, 0.25) is 17.6 Å². The Morgan fingerprint density at radius 1 is 1.19 bits per heavy atom. The van der Waals surface area contributed by atoms with Gasteiger partial charge in [0.25, 0.3) is 5.91 Å². The summed E-state index contributed by atoms with van der Waals surface area (Å²) in [5.74, 6) is 0.898. The maximum atomic E-state index is 11.9. The van der Waals surface area contributed by atoms with E-state index in [1.54, 1.807) is 42.1 Å². The van der Waals surface area contributed by atoms with Crippen LogP contribution in [0.25, 0.3) is 11.6 Å². The van der Waals surface area contributed by atoms with Gasteiger partial charge >= 0.3 is 0 Å². The first-order valence-corrected chi connectivity index (χ1v) is 8.16. The van der Waals surface area contributed by atoms with Crippen molar-refractivity contribution in [1.29, 1.82) is 0 Å². The number of furan rings is 1. The molecule has 0 radical (unpaired) electrons. The molecule has 0 saturated carbocycles. The first-order chi connectivity index (χ1) is 12.6. The number of carbonyl (C=O) groups excluding carboxylic acids is 2. The molecule has 0 spiro atoms. The number of nitrogens with zero attached hydrogens (tertiary/aromatic N) is 3. The van der Waals surface area contributed by atoms with Crippen LogP contribution in [0, 0.1) is 0 Å². The topological polar surface area (TPSA) is 115 Å². The molecule has 0 unspecified atom stereocenters. The van der Waals surface area contributed by atoms with Crippen LogP contribution in [-0.4, -0.2) is 39.6 Å². The van der Waals surface area contributed by atoms with E-state index in [1.165, 1.54) is 6.26 Å². The summed E-state index contributed by atoms with van der Waals surface area (Å²) in [6.07, 6.45) is 3.86. The van der Waals surface area contributed by atoms with Crippen LogP contribution in [0.15, 0.2) is 45.7 Å². The molecule has 0 aromatic carbocycles. The monoisotopic (exact) mass is 357 g/mol. The summed E-state index contributed by atoms with van der Waals surface area (Å²) >= 11 is 0. The highest BCUT2D eigenvalue weighted by molar-refractivity contribution is 5.92. The van der Waals surface area contributed by atoms with Gasteiger partial charge in [-0.25, -0.2) is 0 Å². The normalized spacial score (nSPS) is 10.7. The lowest BCUT2D eigenvalue weighted by Crippen LogP contribution is -2.35. The van der Waals surface area contributed by atoms with Crippen LogP contribution in [0.3, 0.4) is 0 Å². The third-order valence-corrected chi connectivity index (χ3v) is 3.68. The zero-order valence-electron chi connectivity index (χ0n) is 14.3. The summed E-state index contributed by atoms with van der Waals surface area (Å²) in [5.41, 5.74) is 0.570. The molecule has 9 heteroatoms. The van der Waals surface area contributed by atoms with Crippen LogP contribution in [0.2, 0.25) is 0 Å². The standard InChI is InChI=1S/C17H19N5O4/c1-22-10-2-4-12(22)17(24)19-9-8-18-14(23)6-7-15-20-16(21-26-15)13-5-3-11-25-13/h2-5,10-11H,6-9H2,1H3,(H,18,23)(H,19,24). The Morgan fingerprint density at radius 3 is 2.77 bits per heavy atom. The number of aryl methyl sites for hydroxylation is 2. The van der Waals surface area contributed by atoms with Gasteiger partial charge in [-0.05, 0) is 24.3 Å². The van der Waals surface area contributed by atoms with Gasteiger partial charge < -0.3 is 24.1 Å². The highest BCUT2D eigenvalue weighted by atomic mass is 16.5. The van der Waals surface area contributed by atoms with Crippen molar-refractivity contribution in [1.82, 2.24) is 25.3 Å². The number of amides is 2. The first-order valence-electron chi connectivity index (χ1n) is 8.16. The van der Waals surface area contributed by atoms with Gasteiger partial charge in [0.05, 0.1) is 6.26 Å². The first kappa shape index (κ1) is 17.5. The maximum absolute atomic E-state index is 11.9. The minimum atomic E-state index is -0.178. The Kier molecular flexibility index (Phi) is 5.47. The van der Waals surface area contributed by atoms with Crippen molar-refractivity contribution >= 4 is 11.8 Å². The molecule has 0 fully saturated rings. The van der Waals surface area contributed by atoms with Crippen molar-refractivity contribution in [3.63, 3.8) is 0 Å². The molecule has 0 saturated heterocycles. The van der Waals surface area contributed by atoms with E-state index in [0.717, 1.165) is 0 Å². The zero-order valence-corrected chi connectivity index (χ0v) is 14.3. The minimum absolute atomic E-state index is 0.157. The van der Waals surface area contributed by atoms with Gasteiger partial charge in [0, 0.05) is 39.2 Å². The second kappa shape index (κ2) is 8.15. The van der Waals surface area contributed by atoms with E-state index in [9.17, 15) is 9.59 Å². The van der Waals surface area contributed by atoms with Crippen molar-refractivity contribution < 1.29 is 18.5 Å². The molecule has 2 amide bonds. The molecule has 26 heavy (non-hydrogen) atoms. The van der Waals surface area contributed by atoms with Crippen LogP contribution < -0.4 is 10.6 Å². The van der Waals surface area contributed by atoms with E-state index in [1.807, 2.05) is 0 Å². The van der Waals surface area contributed by atoms with Crippen molar-refractivity contribution in [2.45, 2.75) is 12.8 Å². The number of hydrogen-bond donors (Lipinski definition) is 2. The fourth-order valence-corrected chi connectivity index (χ4v) is 2.34. The van der Waals surface area contributed by atoms with Crippen molar-refractivity contribution in [2.75, 3.05) is 13.1 Å². The summed E-state index contributed by atoms with van der Waals surface area (Å²) in [7, 11) is 1.80. The summed E-state index contributed by atoms with van der Waals surface area (Å²) < 4.78 is 12.0. The third kappa shape index (κ3) is 4.38. The Hall–Kier alpha value is -3.36. The van der Waals surface area contributed by atoms with E-state index in [0.29, 0.717) is 42.7 Å². The van der Waals surface area contributed by atoms with Crippen LogP contribution in [-0.2, 0) is 18.3 Å². The molecule has 3 aromatic heterocycles. The van der Waals surface area contributed by atoms with Crippen LogP contribution in [0.5, 0.6) is 0 Å². The smallest absolute Gasteiger partial charge is 0.267 e. The number of hydrogen-bond acceptors (Lipinski definition) is 6. The Balaban J connectivity index is 1.34. The van der Waals surface area contributed by atoms with Crippen LogP contribution in [0.1, 0.15) is 22.8 Å². The highest BCUT2D eigenvalue weighted by Gasteiger charge is 2.12. The predicted octanol–water partition coefficient (Wildman–Crippen LogP) is 1.15. The predicted molar refractivity (Wildman–Crippen MR) is 91.1 cm³/mol. The highest BCUT2D eigenvalue weighted by Crippen LogP contribution is 2.16. The molecule has 3 rings (SSSR count). The molecule has 136 valence electrons. The van der Waals surface area contributed by atoms with Crippen LogP contribution >= 0.6 is 0 Å². The Morgan fingerprint density at radius 2 is 2.04 bits per heavy atom. The minimum Gasteiger partial charge on any atom is -0.461 e. The second-order valence-electron chi connectivity index (χ2n) is 5.60. The van der Waals surface area contributed by atoms with E-state index >= 15 is 0 Å². The zero-order chi connectivity index (χ0) is 18.4. The van der Waals surface area contributed by atoms with Gasteiger partial charge in [-0.2, -0.15) is 4.98 Å². The third-order valence-electron chi connectivity index (χ3n) is 3.68. The molecule has 3 aromatic rings. The number of aromatic nitrogens is 3. The fourth-order valence-electron chi connectivity index (χ4n) is 2.34. The molecule has 0 aliphatic rings. The second-order valence-corrected chi connectivity index (χ2v) is 5.60. The van der Waals surface area contributed by atoms with Crippen molar-refractivity contribution in [3.8, 4) is 11.6 Å². The van der Waals surface area contributed by atoms with Gasteiger partial charge in [0.1, 0.15) is 5.69 Å². The Labute approximate surface area is 149 Å². The summed E-state index contributed by atoms with van der Waals surface area (Å²) in [5, 5.41) is 9.28. The average Bonchev–Trinajstić information content (AvgIpc) is 3.37. The van der Waals surface area contributed by atoms with Crippen molar-refractivity contribution in [2.24, 2.45) is 7.05 Å². The maximum Gasteiger partial charge on any atom is 0.267 e. The SMILES string of the molecule is Cn1cccc1C(=O)NCCNC(=O)CCc1nc(-c2ccco2)no1. The van der Waals surface area contributed by atoms with Gasteiger partial charge in [-0.1, -0.05) is 5.16 Å². The molecule has 0 bridgehead atoms. The number of nitrogens with one attached hydrogen (secondary N) is 2. The molecule has 3 heterocycles. The summed E-state index contributed by atoms with van der Waals surface area (Å²) in [4.78, 5) is 27.9. The number of rotatable bonds is 8. The average molecular weight is 357 g/mol. The molecule has 9 nitrogen and oxygen atoms in total. The molecule has 0 atom stereocenters. The van der Waals surface area contributed by atoms with E-state index in [4.69, 9.17) is 8.94 Å². The van der Waals surface area contributed by atoms with E-state index in [-0.39, 0.29) is 18.2 Å². The molecular weight excluding hydrogens is 338 g/mol. The van der Waals surface area contributed by atoms with E-state index < -0.39 is 0 Å². The lowest BCUT2D eigenvalue weighted by Gasteiger charge is -2.07.